The van der Waals surface area contributed by atoms with Crippen molar-refractivity contribution in [3.05, 3.63) is 22.7 Å². The highest BCUT2D eigenvalue weighted by Crippen LogP contribution is 2.40. The molecule has 0 spiro atoms. The number of carbonyl (C=O) groups excluding carboxylic acids is 1. The Labute approximate surface area is 139 Å². The van der Waals surface area contributed by atoms with Crippen LogP contribution >= 0.6 is 15.9 Å². The molecule has 1 unspecified atom stereocenters. The molecule has 122 valence electrons. The molecule has 0 aromatic carbocycles. The number of carbonyl (C=O) groups is 2. The summed E-state index contributed by atoms with van der Waals surface area (Å²) in [7, 11) is 0. The van der Waals surface area contributed by atoms with Crippen molar-refractivity contribution in [2.24, 2.45) is 17.8 Å². The van der Waals surface area contributed by atoms with Crippen molar-refractivity contribution in [3.63, 3.8) is 0 Å². The predicted octanol–water partition coefficient (Wildman–Crippen LogP) is 3.41. The lowest BCUT2D eigenvalue weighted by Gasteiger charge is -2.27. The van der Waals surface area contributed by atoms with E-state index in [1.165, 1.54) is 4.90 Å². The molecule has 1 aliphatic heterocycles. The first-order chi connectivity index (χ1) is 10.2. The number of nitrogens with zero attached hydrogens (tertiary/aromatic N) is 1. The maximum Gasteiger partial charge on any atom is 0.410 e. The maximum absolute atomic E-state index is 12.2. The summed E-state index contributed by atoms with van der Waals surface area (Å²) in [6, 6.07) is 0. The van der Waals surface area contributed by atoms with Gasteiger partial charge in [0.05, 0.1) is 5.92 Å². The summed E-state index contributed by atoms with van der Waals surface area (Å²) in [5.74, 6) is -1.44. The van der Waals surface area contributed by atoms with Gasteiger partial charge in [-0.2, -0.15) is 0 Å². The Morgan fingerprint density at radius 1 is 1.36 bits per heavy atom. The number of carboxylic acids is 1. The summed E-state index contributed by atoms with van der Waals surface area (Å²) in [5.41, 5.74) is -0.581. The van der Waals surface area contributed by atoms with Gasteiger partial charge >= 0.3 is 12.1 Å². The van der Waals surface area contributed by atoms with Gasteiger partial charge in [0.25, 0.3) is 0 Å². The standard InChI is InChI=1S/C16H22BrNO4/c1-16(2,3)22-15(21)18-8-11(12(9-18)14(19)20)10-6-4-5-7-13(10)17/h4-5,7,10-12H,6,8-9H2,1-3H3,(H,19,20)/t10?,11-,12+/m0/s1. The zero-order valence-electron chi connectivity index (χ0n) is 13.1. The summed E-state index contributed by atoms with van der Waals surface area (Å²) >= 11 is 3.53. The summed E-state index contributed by atoms with van der Waals surface area (Å²) in [6.07, 6.45) is 6.28. The Hall–Kier alpha value is -1.30. The molecule has 0 aromatic rings. The van der Waals surface area contributed by atoms with Crippen molar-refractivity contribution in [1.29, 1.82) is 0 Å². The van der Waals surface area contributed by atoms with E-state index in [2.05, 4.69) is 15.9 Å². The van der Waals surface area contributed by atoms with Gasteiger partial charge in [-0.25, -0.2) is 4.79 Å². The molecule has 22 heavy (non-hydrogen) atoms. The first kappa shape index (κ1) is 17.1. The molecule has 1 fully saturated rings. The normalized spacial score (nSPS) is 28.5. The molecule has 0 bridgehead atoms. The van der Waals surface area contributed by atoms with Gasteiger partial charge in [0.1, 0.15) is 5.60 Å². The van der Waals surface area contributed by atoms with Gasteiger partial charge in [-0.15, -0.1) is 0 Å². The van der Waals surface area contributed by atoms with Gasteiger partial charge in [0.15, 0.2) is 0 Å². The molecule has 5 nitrogen and oxygen atoms in total. The number of rotatable bonds is 2. The smallest absolute Gasteiger partial charge is 0.410 e. The van der Waals surface area contributed by atoms with Crippen LogP contribution in [0.2, 0.25) is 0 Å². The highest BCUT2D eigenvalue weighted by Gasteiger charge is 2.45. The summed E-state index contributed by atoms with van der Waals surface area (Å²) < 4.78 is 6.36. The largest absolute Gasteiger partial charge is 0.481 e. The Bertz CT molecular complexity index is 521. The number of hydrogen-bond donors (Lipinski definition) is 1. The zero-order valence-corrected chi connectivity index (χ0v) is 14.7. The SMILES string of the molecule is CC(C)(C)OC(=O)N1C[C@@H](C(=O)O)[C@H](C2CC=CC=C2Br)C1. The number of amides is 1. The van der Waals surface area contributed by atoms with E-state index in [9.17, 15) is 14.7 Å². The topological polar surface area (TPSA) is 66.8 Å². The van der Waals surface area contributed by atoms with Crippen molar-refractivity contribution >= 4 is 28.0 Å². The van der Waals surface area contributed by atoms with Gasteiger partial charge in [-0.05, 0) is 43.5 Å². The van der Waals surface area contributed by atoms with Crippen LogP contribution in [0.1, 0.15) is 27.2 Å². The highest BCUT2D eigenvalue weighted by molar-refractivity contribution is 9.11. The van der Waals surface area contributed by atoms with Gasteiger partial charge < -0.3 is 14.7 Å². The fourth-order valence-corrected chi connectivity index (χ4v) is 3.65. The number of likely N-dealkylation sites (tertiary alicyclic amines) is 1. The highest BCUT2D eigenvalue weighted by atomic mass is 79.9. The Balaban J connectivity index is 2.13. The minimum atomic E-state index is -0.856. The first-order valence-electron chi connectivity index (χ1n) is 7.42. The fourth-order valence-electron chi connectivity index (χ4n) is 2.97. The Morgan fingerprint density at radius 2 is 2.05 bits per heavy atom. The molecule has 0 saturated carbocycles. The maximum atomic E-state index is 12.2. The number of allylic oxidation sites excluding steroid dienone is 4. The van der Waals surface area contributed by atoms with Gasteiger partial charge in [-0.3, -0.25) is 4.79 Å². The third-order valence-electron chi connectivity index (χ3n) is 3.99. The average molecular weight is 372 g/mol. The second kappa shape index (κ2) is 6.44. The lowest BCUT2D eigenvalue weighted by Crippen LogP contribution is -2.36. The predicted molar refractivity (Wildman–Crippen MR) is 86.7 cm³/mol. The number of hydrogen-bond acceptors (Lipinski definition) is 3. The molecular formula is C16H22BrNO4. The lowest BCUT2D eigenvalue weighted by molar-refractivity contribution is -0.142. The van der Waals surface area contributed by atoms with Crippen LogP contribution in [0.25, 0.3) is 0 Å². The van der Waals surface area contributed by atoms with Crippen molar-refractivity contribution in [2.45, 2.75) is 32.8 Å². The van der Waals surface area contributed by atoms with Crippen LogP contribution in [0.4, 0.5) is 4.79 Å². The van der Waals surface area contributed by atoms with Crippen LogP contribution in [0.15, 0.2) is 22.7 Å². The molecule has 1 amide bonds. The molecule has 0 aromatic heterocycles. The van der Waals surface area contributed by atoms with Crippen LogP contribution in [0.5, 0.6) is 0 Å². The fraction of sp³-hybridized carbons (Fsp3) is 0.625. The molecule has 1 aliphatic carbocycles. The van der Waals surface area contributed by atoms with Crippen LogP contribution in [-0.2, 0) is 9.53 Å². The summed E-state index contributed by atoms with van der Waals surface area (Å²) in [5, 5.41) is 9.50. The number of carboxylic acid groups (broad SMARTS) is 1. The minimum Gasteiger partial charge on any atom is -0.481 e. The van der Waals surface area contributed by atoms with Crippen LogP contribution in [-0.4, -0.2) is 40.8 Å². The van der Waals surface area contributed by atoms with Gasteiger partial charge in [0, 0.05) is 13.1 Å². The van der Waals surface area contributed by atoms with E-state index in [-0.39, 0.29) is 18.4 Å². The summed E-state index contributed by atoms with van der Waals surface area (Å²) in [6.45, 7) is 6.03. The molecule has 1 saturated heterocycles. The number of ether oxygens (including phenoxy) is 1. The van der Waals surface area contributed by atoms with Crippen LogP contribution < -0.4 is 0 Å². The quantitative estimate of drug-likeness (QED) is 0.807. The molecule has 1 heterocycles. The van der Waals surface area contributed by atoms with Crippen molar-refractivity contribution in [1.82, 2.24) is 4.90 Å². The second-order valence-corrected chi connectivity index (χ2v) is 7.73. The van der Waals surface area contributed by atoms with E-state index >= 15 is 0 Å². The second-order valence-electron chi connectivity index (χ2n) is 6.82. The van der Waals surface area contributed by atoms with E-state index in [0.717, 1.165) is 10.9 Å². The molecule has 3 atom stereocenters. The molecule has 2 rings (SSSR count). The Kier molecular flexibility index (Phi) is 5.00. The molecule has 0 radical (unpaired) electrons. The number of halogens is 1. The van der Waals surface area contributed by atoms with E-state index in [4.69, 9.17) is 4.74 Å². The Morgan fingerprint density at radius 3 is 2.59 bits per heavy atom. The average Bonchev–Trinajstić information content (AvgIpc) is 2.82. The monoisotopic (exact) mass is 371 g/mol. The van der Waals surface area contributed by atoms with Gasteiger partial charge in [-0.1, -0.05) is 34.2 Å². The van der Waals surface area contributed by atoms with Crippen molar-refractivity contribution in [2.75, 3.05) is 13.1 Å². The molecular weight excluding hydrogens is 350 g/mol. The zero-order chi connectivity index (χ0) is 16.5. The molecule has 2 aliphatic rings. The van der Waals surface area contributed by atoms with E-state index in [1.807, 2.05) is 18.2 Å². The first-order valence-corrected chi connectivity index (χ1v) is 8.21. The van der Waals surface area contributed by atoms with Crippen molar-refractivity contribution < 1.29 is 19.4 Å². The van der Waals surface area contributed by atoms with Gasteiger partial charge in [0.2, 0.25) is 0 Å². The number of aliphatic carboxylic acids is 1. The van der Waals surface area contributed by atoms with Crippen LogP contribution in [0.3, 0.4) is 0 Å². The third-order valence-corrected chi connectivity index (χ3v) is 4.84. The summed E-state index contributed by atoms with van der Waals surface area (Å²) in [4.78, 5) is 25.3. The van der Waals surface area contributed by atoms with E-state index in [0.29, 0.717) is 6.54 Å². The van der Waals surface area contributed by atoms with E-state index in [1.54, 1.807) is 20.8 Å². The third kappa shape index (κ3) is 3.91. The van der Waals surface area contributed by atoms with Crippen LogP contribution in [0, 0.1) is 17.8 Å². The molecule has 1 N–H and O–H groups in total. The molecule has 6 heteroatoms. The lowest BCUT2D eigenvalue weighted by atomic mass is 9.80. The minimum absolute atomic E-state index is 0.0959. The van der Waals surface area contributed by atoms with Crippen molar-refractivity contribution in [3.8, 4) is 0 Å². The van der Waals surface area contributed by atoms with E-state index < -0.39 is 23.6 Å².